The largest absolute Gasteiger partial charge is 0.497 e. The molecule has 3 aromatic carbocycles. The van der Waals surface area contributed by atoms with E-state index in [1.54, 1.807) is 38.0 Å². The van der Waals surface area contributed by atoms with Gasteiger partial charge in [0.05, 0.1) is 31.9 Å². The van der Waals surface area contributed by atoms with E-state index in [-0.39, 0.29) is 11.3 Å². The Morgan fingerprint density at radius 1 is 1.00 bits per heavy atom. The van der Waals surface area contributed by atoms with E-state index in [4.69, 9.17) is 14.2 Å². The molecule has 0 bridgehead atoms. The predicted octanol–water partition coefficient (Wildman–Crippen LogP) is 4.00. The lowest BCUT2D eigenvalue weighted by Crippen LogP contribution is -2.39. The molecule has 0 saturated heterocycles. The maximum atomic E-state index is 14.0. The summed E-state index contributed by atoms with van der Waals surface area (Å²) in [5, 5.41) is 1.90. The van der Waals surface area contributed by atoms with Gasteiger partial charge in [0.25, 0.3) is 5.56 Å². The van der Waals surface area contributed by atoms with Crippen molar-refractivity contribution in [1.29, 1.82) is 0 Å². The van der Waals surface area contributed by atoms with Gasteiger partial charge in [-0.1, -0.05) is 41.7 Å². The van der Waals surface area contributed by atoms with Crippen LogP contribution in [-0.4, -0.2) is 31.7 Å². The number of allylic oxidation sites excluding steroid dienone is 2. The minimum absolute atomic E-state index is 0.146. The third-order valence-electron chi connectivity index (χ3n) is 6.55. The van der Waals surface area contributed by atoms with E-state index >= 15 is 0 Å². The molecule has 1 aliphatic rings. The summed E-state index contributed by atoms with van der Waals surface area (Å²) in [6, 6.07) is 16.5. The van der Waals surface area contributed by atoms with Crippen molar-refractivity contribution in [2.24, 2.45) is 4.99 Å². The molecule has 2 heterocycles. The molecule has 188 valence electrons. The Morgan fingerprint density at radius 3 is 2.46 bits per heavy atom. The number of rotatable bonds is 6. The van der Waals surface area contributed by atoms with Gasteiger partial charge < -0.3 is 14.2 Å². The molecule has 0 fully saturated rings. The fourth-order valence-corrected chi connectivity index (χ4v) is 5.90. The first-order valence-corrected chi connectivity index (χ1v) is 12.5. The molecule has 1 unspecified atom stereocenters. The summed E-state index contributed by atoms with van der Waals surface area (Å²) in [4.78, 5) is 32.2. The number of aromatic nitrogens is 1. The van der Waals surface area contributed by atoms with E-state index < -0.39 is 6.04 Å². The second kappa shape index (κ2) is 9.71. The summed E-state index contributed by atoms with van der Waals surface area (Å²) in [6.07, 6.45) is 1.78. The van der Waals surface area contributed by atoms with Crippen LogP contribution >= 0.6 is 11.3 Å². The lowest BCUT2D eigenvalue weighted by atomic mass is 9.89. The van der Waals surface area contributed by atoms with E-state index in [9.17, 15) is 9.59 Å². The third kappa shape index (κ3) is 4.13. The molecule has 37 heavy (non-hydrogen) atoms. The highest BCUT2D eigenvalue weighted by Gasteiger charge is 2.33. The lowest BCUT2D eigenvalue weighted by Gasteiger charge is -2.27. The van der Waals surface area contributed by atoms with Gasteiger partial charge in [-0.2, -0.15) is 0 Å². The van der Waals surface area contributed by atoms with Crippen LogP contribution in [0.1, 0.15) is 31.0 Å². The molecule has 1 aromatic heterocycles. The second-order valence-electron chi connectivity index (χ2n) is 8.65. The van der Waals surface area contributed by atoms with Gasteiger partial charge in [-0.25, -0.2) is 4.99 Å². The van der Waals surface area contributed by atoms with Gasteiger partial charge in [0, 0.05) is 28.5 Å². The highest BCUT2D eigenvalue weighted by molar-refractivity contribution is 7.07. The third-order valence-corrected chi connectivity index (χ3v) is 7.54. The highest BCUT2D eigenvalue weighted by Crippen LogP contribution is 2.40. The van der Waals surface area contributed by atoms with E-state index in [2.05, 4.69) is 4.99 Å². The monoisotopic (exact) mass is 514 g/mol. The Morgan fingerprint density at radius 2 is 1.76 bits per heavy atom. The number of carbonyl (C=O) groups excluding carboxylic acids is 1. The second-order valence-corrected chi connectivity index (χ2v) is 9.66. The Hall–Kier alpha value is -4.17. The number of hydrogen-bond acceptors (Lipinski definition) is 7. The molecule has 0 amide bonds. The number of methoxy groups -OCH3 is 3. The van der Waals surface area contributed by atoms with E-state index in [0.717, 1.165) is 21.9 Å². The van der Waals surface area contributed by atoms with Crippen molar-refractivity contribution in [2.45, 2.75) is 19.9 Å². The van der Waals surface area contributed by atoms with Gasteiger partial charge in [0.15, 0.2) is 10.6 Å². The molecule has 7 nitrogen and oxygen atoms in total. The van der Waals surface area contributed by atoms with Gasteiger partial charge in [0.1, 0.15) is 17.2 Å². The summed E-state index contributed by atoms with van der Waals surface area (Å²) in [6.45, 7) is 3.32. The van der Waals surface area contributed by atoms with Crippen molar-refractivity contribution in [1.82, 2.24) is 4.57 Å². The molecule has 0 spiro atoms. The Labute approximate surface area is 217 Å². The maximum absolute atomic E-state index is 14.0. The molecule has 1 aliphatic heterocycles. The number of ketones is 1. The number of benzene rings is 3. The zero-order chi connectivity index (χ0) is 26.3. The highest BCUT2D eigenvalue weighted by atomic mass is 32.1. The Balaban J connectivity index is 1.83. The average Bonchev–Trinajstić information content (AvgIpc) is 3.21. The molecular weight excluding hydrogens is 488 g/mol. The number of carbonyl (C=O) groups is 1. The summed E-state index contributed by atoms with van der Waals surface area (Å²) in [5.74, 6) is 1.69. The van der Waals surface area contributed by atoms with Crippen LogP contribution in [-0.2, 0) is 4.79 Å². The first-order valence-electron chi connectivity index (χ1n) is 11.7. The van der Waals surface area contributed by atoms with Crippen molar-refractivity contribution < 1.29 is 19.0 Å². The normalized spacial score (nSPS) is 15.4. The fourth-order valence-electron chi connectivity index (χ4n) is 4.86. The van der Waals surface area contributed by atoms with Crippen LogP contribution in [0.25, 0.3) is 16.8 Å². The number of Topliss-reactive ketones (excluding diaryl/α,β-unsaturated/α-hetero) is 1. The van der Waals surface area contributed by atoms with Crippen LogP contribution in [0.5, 0.6) is 17.2 Å². The number of hydrogen-bond donors (Lipinski definition) is 0. The fraction of sp³-hybridized carbons (Fsp3) is 0.207. The minimum atomic E-state index is -0.685. The maximum Gasteiger partial charge on any atom is 0.271 e. The van der Waals surface area contributed by atoms with Crippen LogP contribution in [0.4, 0.5) is 0 Å². The first kappa shape index (κ1) is 24.5. The van der Waals surface area contributed by atoms with Gasteiger partial charge in [-0.05, 0) is 48.9 Å². The van der Waals surface area contributed by atoms with Crippen molar-refractivity contribution in [3.8, 4) is 17.2 Å². The van der Waals surface area contributed by atoms with Crippen LogP contribution in [0.15, 0.2) is 75.7 Å². The summed E-state index contributed by atoms with van der Waals surface area (Å²) in [5.41, 5.74) is 2.30. The molecule has 0 saturated carbocycles. The standard InChI is InChI=1S/C29H26N2O5S/c1-16-25(17(2)32)27(26-21-9-7-6-8-18(21)11-13-22(26)35-4)31-28(33)24(37-29(31)30-16)14-19-10-12-20(34-3)15-23(19)36-5/h6-15,27H,1-5H3. The van der Waals surface area contributed by atoms with Crippen molar-refractivity contribution >= 4 is 34.0 Å². The smallest absolute Gasteiger partial charge is 0.271 e. The average molecular weight is 515 g/mol. The molecular formula is C29H26N2O5S. The zero-order valence-electron chi connectivity index (χ0n) is 21.2. The summed E-state index contributed by atoms with van der Waals surface area (Å²) >= 11 is 1.28. The Kier molecular flexibility index (Phi) is 6.43. The van der Waals surface area contributed by atoms with Crippen molar-refractivity contribution in [3.05, 3.63) is 96.7 Å². The zero-order valence-corrected chi connectivity index (χ0v) is 22.0. The van der Waals surface area contributed by atoms with E-state index in [1.807, 2.05) is 55.5 Å². The summed E-state index contributed by atoms with van der Waals surface area (Å²) < 4.78 is 18.7. The van der Waals surface area contributed by atoms with Gasteiger partial charge in [-0.3, -0.25) is 14.2 Å². The SMILES string of the molecule is COc1ccc(C=c2sc3n(c2=O)C(c2c(OC)ccc4ccccc24)C(C(C)=O)=C(C)N=3)c(OC)c1. The summed E-state index contributed by atoms with van der Waals surface area (Å²) in [7, 11) is 4.75. The van der Waals surface area contributed by atoms with Crippen LogP contribution in [0, 0.1) is 0 Å². The minimum Gasteiger partial charge on any atom is -0.497 e. The van der Waals surface area contributed by atoms with Crippen LogP contribution in [0.3, 0.4) is 0 Å². The number of fused-ring (bicyclic) bond motifs is 2. The van der Waals surface area contributed by atoms with E-state index in [0.29, 0.717) is 37.9 Å². The molecule has 0 radical (unpaired) electrons. The topological polar surface area (TPSA) is 79.1 Å². The Bertz CT molecular complexity index is 1760. The predicted molar refractivity (Wildman–Crippen MR) is 144 cm³/mol. The first-order chi connectivity index (χ1) is 17.9. The molecule has 0 N–H and O–H groups in total. The number of thiazole rings is 1. The number of ether oxygens (including phenoxy) is 3. The van der Waals surface area contributed by atoms with Crippen molar-refractivity contribution in [2.75, 3.05) is 21.3 Å². The molecule has 4 aromatic rings. The lowest BCUT2D eigenvalue weighted by molar-refractivity contribution is -0.114. The van der Waals surface area contributed by atoms with Crippen LogP contribution in [0.2, 0.25) is 0 Å². The molecule has 8 heteroatoms. The van der Waals surface area contributed by atoms with Crippen LogP contribution < -0.4 is 29.1 Å². The van der Waals surface area contributed by atoms with Gasteiger partial charge in [-0.15, -0.1) is 0 Å². The van der Waals surface area contributed by atoms with Crippen molar-refractivity contribution in [3.63, 3.8) is 0 Å². The molecule has 1 atom stereocenters. The van der Waals surface area contributed by atoms with Gasteiger partial charge in [0.2, 0.25) is 0 Å². The van der Waals surface area contributed by atoms with Gasteiger partial charge >= 0.3 is 0 Å². The molecule has 5 rings (SSSR count). The quantitative estimate of drug-likeness (QED) is 0.389. The number of nitrogens with zero attached hydrogens (tertiary/aromatic N) is 2. The van der Waals surface area contributed by atoms with E-state index in [1.165, 1.54) is 18.3 Å². The molecule has 0 aliphatic carbocycles.